The highest BCUT2D eigenvalue weighted by Gasteiger charge is 2.19. The molecule has 0 heterocycles. The summed E-state index contributed by atoms with van der Waals surface area (Å²) in [5.74, 6) is 0. The topological polar surface area (TPSA) is 0 Å². The highest BCUT2D eigenvalue weighted by Crippen LogP contribution is 2.32. The summed E-state index contributed by atoms with van der Waals surface area (Å²) in [5, 5.41) is 0. The molecule has 0 heteroatoms. The predicted octanol–water partition coefficient (Wildman–Crippen LogP) is 4.17. The normalized spacial score (nSPS) is 11.6. The summed E-state index contributed by atoms with van der Waals surface area (Å²) in [6.07, 6.45) is 4.94. The lowest BCUT2D eigenvalue weighted by Crippen LogP contribution is -2.13. The summed E-state index contributed by atoms with van der Waals surface area (Å²) in [6, 6.07) is 0. The van der Waals surface area contributed by atoms with Crippen LogP contribution in [0.5, 0.6) is 0 Å². The molecule has 0 rings (SSSR count). The first-order chi connectivity index (χ1) is 5.04. The third-order valence-corrected chi connectivity index (χ3v) is 2.38. The van der Waals surface area contributed by atoms with Crippen LogP contribution in [-0.2, 0) is 0 Å². The van der Waals surface area contributed by atoms with Crippen LogP contribution in [-0.4, -0.2) is 0 Å². The van der Waals surface area contributed by atoms with E-state index in [0.29, 0.717) is 5.41 Å². The summed E-state index contributed by atoms with van der Waals surface area (Å²) in [5.41, 5.74) is 1.78. The van der Waals surface area contributed by atoms with Crippen molar-refractivity contribution in [3.05, 3.63) is 12.2 Å². The van der Waals surface area contributed by atoms with Gasteiger partial charge in [-0.1, -0.05) is 52.7 Å². The maximum atomic E-state index is 4.13. The fraction of sp³-hybridized carbons (Fsp3) is 0.818. The van der Waals surface area contributed by atoms with Gasteiger partial charge in [0.2, 0.25) is 0 Å². The van der Waals surface area contributed by atoms with E-state index in [2.05, 4.69) is 34.3 Å². The molecule has 0 saturated heterocycles. The van der Waals surface area contributed by atoms with Crippen molar-refractivity contribution in [2.45, 2.75) is 53.4 Å². The van der Waals surface area contributed by atoms with Crippen molar-refractivity contribution in [2.24, 2.45) is 5.41 Å². The van der Waals surface area contributed by atoms with Crippen LogP contribution in [0.3, 0.4) is 0 Å². The molecule has 0 fully saturated rings. The van der Waals surface area contributed by atoms with Gasteiger partial charge in [-0.3, -0.25) is 0 Å². The number of hydrogen-bond acceptors (Lipinski definition) is 0. The van der Waals surface area contributed by atoms with Crippen molar-refractivity contribution in [2.75, 3.05) is 0 Å². The van der Waals surface area contributed by atoms with Gasteiger partial charge in [-0.05, 0) is 18.3 Å². The Bertz CT molecular complexity index is 120. The van der Waals surface area contributed by atoms with Crippen molar-refractivity contribution in [3.8, 4) is 0 Å². The molecular weight excluding hydrogens is 132 g/mol. The van der Waals surface area contributed by atoms with Crippen LogP contribution in [0.25, 0.3) is 0 Å². The lowest BCUT2D eigenvalue weighted by molar-refractivity contribution is 0.390. The first-order valence-corrected chi connectivity index (χ1v) is 4.72. The molecule has 0 spiro atoms. The van der Waals surface area contributed by atoms with Gasteiger partial charge in [0, 0.05) is 0 Å². The zero-order valence-electron chi connectivity index (χ0n) is 8.54. The number of rotatable bonds is 5. The maximum Gasteiger partial charge on any atom is -0.0147 e. The van der Waals surface area contributed by atoms with E-state index in [1.165, 1.54) is 31.3 Å². The monoisotopic (exact) mass is 154 g/mol. The van der Waals surface area contributed by atoms with Crippen LogP contribution in [0.15, 0.2) is 12.2 Å². The Morgan fingerprint density at radius 1 is 1.18 bits per heavy atom. The zero-order chi connectivity index (χ0) is 8.91. The smallest absolute Gasteiger partial charge is 0.0147 e. The lowest BCUT2D eigenvalue weighted by Gasteiger charge is -2.26. The van der Waals surface area contributed by atoms with Crippen molar-refractivity contribution >= 4 is 0 Å². The van der Waals surface area contributed by atoms with Gasteiger partial charge in [0.05, 0.1) is 0 Å². The van der Waals surface area contributed by atoms with Gasteiger partial charge in [-0.2, -0.15) is 0 Å². The third kappa shape index (κ3) is 3.60. The first kappa shape index (κ1) is 10.7. The fourth-order valence-corrected chi connectivity index (χ4v) is 1.44. The van der Waals surface area contributed by atoms with Gasteiger partial charge in [-0.15, -0.1) is 0 Å². The van der Waals surface area contributed by atoms with Gasteiger partial charge >= 0.3 is 0 Å². The molecule has 0 aliphatic heterocycles. The van der Waals surface area contributed by atoms with Crippen LogP contribution in [0.1, 0.15) is 53.4 Å². The largest absolute Gasteiger partial charge is 0.0993 e. The average Bonchev–Trinajstić information content (AvgIpc) is 1.88. The first-order valence-electron chi connectivity index (χ1n) is 4.72. The lowest BCUT2D eigenvalue weighted by atomic mass is 9.79. The van der Waals surface area contributed by atoms with E-state index in [1.807, 2.05) is 0 Å². The molecule has 0 aromatic carbocycles. The second-order valence-electron chi connectivity index (χ2n) is 3.99. The van der Waals surface area contributed by atoms with E-state index >= 15 is 0 Å². The zero-order valence-corrected chi connectivity index (χ0v) is 8.54. The van der Waals surface area contributed by atoms with Crippen LogP contribution in [0.4, 0.5) is 0 Å². The molecule has 0 radical (unpaired) electrons. The summed E-state index contributed by atoms with van der Waals surface area (Å²) >= 11 is 0. The Hall–Kier alpha value is -0.260. The van der Waals surface area contributed by atoms with E-state index in [1.54, 1.807) is 0 Å². The molecule has 0 bridgehead atoms. The van der Waals surface area contributed by atoms with E-state index < -0.39 is 0 Å². The van der Waals surface area contributed by atoms with Crippen LogP contribution < -0.4 is 0 Å². The van der Waals surface area contributed by atoms with Crippen molar-refractivity contribution < 1.29 is 0 Å². The highest BCUT2D eigenvalue weighted by molar-refractivity contribution is 5.06. The third-order valence-electron chi connectivity index (χ3n) is 2.38. The van der Waals surface area contributed by atoms with Gasteiger partial charge in [0.1, 0.15) is 0 Å². The standard InChI is InChI=1S/C11H22/c1-6-8-10(3)11(4,5)9-7-2/h3,6-9H2,1-2,4-5H3. The molecule has 11 heavy (non-hydrogen) atoms. The van der Waals surface area contributed by atoms with Gasteiger partial charge in [0.15, 0.2) is 0 Å². The average molecular weight is 154 g/mol. The van der Waals surface area contributed by atoms with Gasteiger partial charge in [0.25, 0.3) is 0 Å². The summed E-state index contributed by atoms with van der Waals surface area (Å²) in [4.78, 5) is 0. The minimum Gasteiger partial charge on any atom is -0.0993 e. The van der Waals surface area contributed by atoms with E-state index in [-0.39, 0.29) is 0 Å². The number of hydrogen-bond donors (Lipinski definition) is 0. The Balaban J connectivity index is 3.94. The van der Waals surface area contributed by atoms with Crippen LogP contribution >= 0.6 is 0 Å². The number of allylic oxidation sites excluding steroid dienone is 1. The minimum atomic E-state index is 0.366. The molecule has 0 aromatic heterocycles. The summed E-state index contributed by atoms with van der Waals surface area (Å²) in [7, 11) is 0. The molecule has 0 unspecified atom stereocenters. The highest BCUT2D eigenvalue weighted by atomic mass is 14.2. The fourth-order valence-electron chi connectivity index (χ4n) is 1.44. The molecule has 0 nitrogen and oxygen atoms in total. The minimum absolute atomic E-state index is 0.366. The molecule has 0 aromatic rings. The van der Waals surface area contributed by atoms with E-state index in [9.17, 15) is 0 Å². The van der Waals surface area contributed by atoms with Crippen molar-refractivity contribution in [1.82, 2.24) is 0 Å². The van der Waals surface area contributed by atoms with E-state index in [0.717, 1.165) is 0 Å². The van der Waals surface area contributed by atoms with Gasteiger partial charge in [-0.25, -0.2) is 0 Å². The molecule has 0 atom stereocenters. The SMILES string of the molecule is C=C(CCC)C(C)(C)CCC. The quantitative estimate of drug-likeness (QED) is 0.521. The van der Waals surface area contributed by atoms with Crippen molar-refractivity contribution in [3.63, 3.8) is 0 Å². The Morgan fingerprint density at radius 2 is 1.73 bits per heavy atom. The maximum absolute atomic E-state index is 4.13. The van der Waals surface area contributed by atoms with Crippen LogP contribution in [0.2, 0.25) is 0 Å². The summed E-state index contributed by atoms with van der Waals surface area (Å²) in [6.45, 7) is 13.2. The molecule has 0 aliphatic rings. The van der Waals surface area contributed by atoms with E-state index in [4.69, 9.17) is 0 Å². The van der Waals surface area contributed by atoms with Gasteiger partial charge < -0.3 is 0 Å². The molecule has 0 amide bonds. The molecule has 0 N–H and O–H groups in total. The second-order valence-corrected chi connectivity index (χ2v) is 3.99. The molecule has 66 valence electrons. The predicted molar refractivity (Wildman–Crippen MR) is 52.7 cm³/mol. The molecular formula is C11H22. The summed E-state index contributed by atoms with van der Waals surface area (Å²) < 4.78 is 0. The van der Waals surface area contributed by atoms with Crippen molar-refractivity contribution in [1.29, 1.82) is 0 Å². The molecule has 0 aliphatic carbocycles. The van der Waals surface area contributed by atoms with Crippen LogP contribution in [0, 0.1) is 5.41 Å². The Morgan fingerprint density at radius 3 is 2.09 bits per heavy atom. The second kappa shape index (κ2) is 4.58. The molecule has 0 saturated carbocycles. The Kier molecular flexibility index (Phi) is 4.48. The Labute approximate surface area is 71.7 Å².